The molecular formula is C20H23ClFN5O2. The minimum Gasteiger partial charge on any atom is -0.337 e. The number of nitrogens with one attached hydrogen (secondary N) is 1. The van der Waals surface area contributed by atoms with Crippen molar-refractivity contribution in [1.29, 1.82) is 0 Å². The minimum atomic E-state index is -0.538. The number of fused-ring (bicyclic) bond motifs is 1. The average molecular weight is 420 g/mol. The molecule has 154 valence electrons. The zero-order valence-corrected chi connectivity index (χ0v) is 17.0. The topological polar surface area (TPSA) is 70.5 Å². The Balaban J connectivity index is 1.51. The molecule has 0 radical (unpaired) electrons. The van der Waals surface area contributed by atoms with Gasteiger partial charge in [-0.1, -0.05) is 11.6 Å². The van der Waals surface area contributed by atoms with Gasteiger partial charge < -0.3 is 15.1 Å². The van der Waals surface area contributed by atoms with E-state index in [4.69, 9.17) is 11.6 Å². The highest BCUT2D eigenvalue weighted by Gasteiger charge is 2.31. The lowest BCUT2D eigenvalue weighted by Gasteiger charge is -2.29. The monoisotopic (exact) mass is 419 g/mol. The maximum absolute atomic E-state index is 13.3. The molecule has 9 heteroatoms. The van der Waals surface area contributed by atoms with Crippen LogP contribution >= 0.6 is 11.6 Å². The Hall–Kier alpha value is -2.61. The Labute approximate surface area is 173 Å². The van der Waals surface area contributed by atoms with E-state index >= 15 is 0 Å². The van der Waals surface area contributed by atoms with Crippen molar-refractivity contribution in [2.45, 2.75) is 32.2 Å². The van der Waals surface area contributed by atoms with Crippen molar-refractivity contribution in [1.82, 2.24) is 19.6 Å². The molecular weight excluding hydrogens is 397 g/mol. The molecule has 1 aromatic heterocycles. The van der Waals surface area contributed by atoms with Crippen LogP contribution in [-0.2, 0) is 20.0 Å². The number of urea groups is 1. The number of anilines is 1. The summed E-state index contributed by atoms with van der Waals surface area (Å²) in [4.78, 5) is 29.2. The maximum atomic E-state index is 13.3. The van der Waals surface area contributed by atoms with Gasteiger partial charge in [-0.3, -0.25) is 9.48 Å². The fourth-order valence-corrected chi connectivity index (χ4v) is 4.14. The number of benzene rings is 1. The van der Waals surface area contributed by atoms with E-state index in [9.17, 15) is 14.0 Å². The van der Waals surface area contributed by atoms with Gasteiger partial charge in [-0.15, -0.1) is 0 Å². The standard InChI is InChI=1S/C20H23ClFN5O2/c1-25-17-7-10-27(20(29)23-13-5-6-16(22)15(21)11-13)12-14(17)18(24-25)19(28)26-8-3-2-4-9-26/h5-6,11H,2-4,7-10,12H2,1H3,(H,23,29). The third-order valence-corrected chi connectivity index (χ3v) is 5.84. The van der Waals surface area contributed by atoms with Crippen molar-refractivity contribution in [3.63, 3.8) is 0 Å². The van der Waals surface area contributed by atoms with E-state index < -0.39 is 5.82 Å². The molecule has 2 aliphatic heterocycles. The third kappa shape index (κ3) is 3.94. The van der Waals surface area contributed by atoms with E-state index in [1.54, 1.807) is 9.58 Å². The minimum absolute atomic E-state index is 0.0506. The number of hydrogen-bond acceptors (Lipinski definition) is 3. The summed E-state index contributed by atoms with van der Waals surface area (Å²) >= 11 is 5.79. The molecule has 0 unspecified atom stereocenters. The lowest BCUT2D eigenvalue weighted by Crippen LogP contribution is -2.40. The third-order valence-electron chi connectivity index (χ3n) is 5.55. The Kier molecular flexibility index (Phi) is 5.45. The first kappa shape index (κ1) is 19.7. The SMILES string of the molecule is Cn1nc(C(=O)N2CCCCC2)c2c1CCN(C(=O)Nc1ccc(F)c(Cl)c1)C2. The second-order valence-corrected chi connectivity index (χ2v) is 7.89. The number of piperidine rings is 1. The zero-order valence-electron chi connectivity index (χ0n) is 16.3. The number of carbonyl (C=O) groups excluding carboxylic acids is 2. The number of amides is 3. The molecule has 0 aliphatic carbocycles. The number of rotatable bonds is 2. The van der Waals surface area contributed by atoms with Crippen LogP contribution in [0.5, 0.6) is 0 Å². The van der Waals surface area contributed by atoms with Crippen LogP contribution in [0.1, 0.15) is 41.0 Å². The van der Waals surface area contributed by atoms with Gasteiger partial charge in [-0.05, 0) is 37.5 Å². The van der Waals surface area contributed by atoms with Gasteiger partial charge in [0.25, 0.3) is 5.91 Å². The summed E-state index contributed by atoms with van der Waals surface area (Å²) in [7, 11) is 1.84. The molecule has 2 aliphatic rings. The van der Waals surface area contributed by atoms with E-state index in [0.29, 0.717) is 30.9 Å². The zero-order chi connectivity index (χ0) is 20.5. The molecule has 3 heterocycles. The first-order valence-electron chi connectivity index (χ1n) is 9.79. The maximum Gasteiger partial charge on any atom is 0.322 e. The molecule has 1 aromatic carbocycles. The summed E-state index contributed by atoms with van der Waals surface area (Å²) in [5, 5.41) is 7.17. The Morgan fingerprint density at radius 1 is 1.14 bits per heavy atom. The van der Waals surface area contributed by atoms with Gasteiger partial charge >= 0.3 is 6.03 Å². The van der Waals surface area contributed by atoms with Crippen molar-refractivity contribution in [2.24, 2.45) is 7.05 Å². The van der Waals surface area contributed by atoms with Crippen LogP contribution in [0.15, 0.2) is 18.2 Å². The summed E-state index contributed by atoms with van der Waals surface area (Å²) in [6.45, 7) is 2.31. The number of likely N-dealkylation sites (tertiary alicyclic amines) is 1. The first-order chi connectivity index (χ1) is 13.9. The molecule has 0 atom stereocenters. The molecule has 4 rings (SSSR count). The molecule has 0 spiro atoms. The van der Waals surface area contributed by atoms with Gasteiger partial charge in [-0.25, -0.2) is 9.18 Å². The highest BCUT2D eigenvalue weighted by atomic mass is 35.5. The molecule has 3 amide bonds. The van der Waals surface area contributed by atoms with Gasteiger partial charge in [0.2, 0.25) is 0 Å². The molecule has 2 aromatic rings. The number of halogens is 2. The number of nitrogens with zero attached hydrogens (tertiary/aromatic N) is 4. The van der Waals surface area contributed by atoms with Crippen molar-refractivity contribution in [3.8, 4) is 0 Å². The molecule has 0 bridgehead atoms. The van der Waals surface area contributed by atoms with Crippen molar-refractivity contribution < 1.29 is 14.0 Å². The summed E-state index contributed by atoms with van der Waals surface area (Å²) in [6.07, 6.45) is 3.78. The molecule has 7 nitrogen and oxygen atoms in total. The molecule has 1 fully saturated rings. The largest absolute Gasteiger partial charge is 0.337 e. The molecule has 29 heavy (non-hydrogen) atoms. The predicted molar refractivity (Wildman–Crippen MR) is 108 cm³/mol. The van der Waals surface area contributed by atoms with E-state index in [0.717, 1.165) is 43.6 Å². The van der Waals surface area contributed by atoms with Crippen LogP contribution in [0.3, 0.4) is 0 Å². The van der Waals surface area contributed by atoms with Gasteiger partial charge in [0, 0.05) is 50.0 Å². The van der Waals surface area contributed by atoms with Gasteiger partial charge in [-0.2, -0.15) is 5.10 Å². The van der Waals surface area contributed by atoms with Gasteiger partial charge in [0.05, 0.1) is 11.6 Å². The van der Waals surface area contributed by atoms with E-state index in [1.165, 1.54) is 18.2 Å². The summed E-state index contributed by atoms with van der Waals surface area (Å²) in [5.74, 6) is -0.599. The lowest BCUT2D eigenvalue weighted by molar-refractivity contribution is 0.0715. The van der Waals surface area contributed by atoms with E-state index in [1.807, 2.05) is 11.9 Å². The Bertz CT molecular complexity index is 955. The second-order valence-electron chi connectivity index (χ2n) is 7.48. The Morgan fingerprint density at radius 3 is 2.62 bits per heavy atom. The van der Waals surface area contributed by atoms with Crippen LogP contribution in [0.2, 0.25) is 5.02 Å². The van der Waals surface area contributed by atoms with Crippen LogP contribution in [0.4, 0.5) is 14.9 Å². The van der Waals surface area contributed by atoms with Crippen molar-refractivity contribution in [2.75, 3.05) is 25.0 Å². The first-order valence-corrected chi connectivity index (χ1v) is 10.2. The fourth-order valence-electron chi connectivity index (χ4n) is 3.96. The predicted octanol–water partition coefficient (Wildman–Crippen LogP) is 3.43. The summed E-state index contributed by atoms with van der Waals surface area (Å²) in [6, 6.07) is 3.73. The average Bonchev–Trinajstić information content (AvgIpc) is 3.07. The number of aromatic nitrogens is 2. The van der Waals surface area contributed by atoms with Crippen molar-refractivity contribution in [3.05, 3.63) is 46.0 Å². The fraction of sp³-hybridized carbons (Fsp3) is 0.450. The highest BCUT2D eigenvalue weighted by Crippen LogP contribution is 2.25. The van der Waals surface area contributed by atoms with Gasteiger partial charge in [0.15, 0.2) is 5.69 Å². The highest BCUT2D eigenvalue weighted by molar-refractivity contribution is 6.31. The van der Waals surface area contributed by atoms with E-state index in [-0.39, 0.29) is 17.0 Å². The number of aryl methyl sites for hydroxylation is 1. The number of hydrogen-bond donors (Lipinski definition) is 1. The normalized spacial score (nSPS) is 16.5. The number of carbonyl (C=O) groups is 2. The van der Waals surface area contributed by atoms with Crippen LogP contribution < -0.4 is 5.32 Å². The van der Waals surface area contributed by atoms with Crippen molar-refractivity contribution >= 4 is 29.2 Å². The van der Waals surface area contributed by atoms with Crippen LogP contribution in [0, 0.1) is 5.82 Å². The van der Waals surface area contributed by atoms with Crippen LogP contribution in [0.25, 0.3) is 0 Å². The molecule has 1 N–H and O–H groups in total. The van der Waals surface area contributed by atoms with E-state index in [2.05, 4.69) is 10.4 Å². The van der Waals surface area contributed by atoms with Crippen LogP contribution in [-0.4, -0.2) is 51.2 Å². The smallest absolute Gasteiger partial charge is 0.322 e. The quantitative estimate of drug-likeness (QED) is 0.810. The van der Waals surface area contributed by atoms with Gasteiger partial charge in [0.1, 0.15) is 5.82 Å². The summed E-state index contributed by atoms with van der Waals surface area (Å²) in [5.41, 5.74) is 2.65. The Morgan fingerprint density at radius 2 is 1.90 bits per heavy atom. The second kappa shape index (κ2) is 8.02. The molecule has 1 saturated heterocycles. The summed E-state index contributed by atoms with van der Waals surface area (Å²) < 4.78 is 15.1. The lowest BCUT2D eigenvalue weighted by atomic mass is 10.0. The molecule has 0 saturated carbocycles.